The second-order valence-electron chi connectivity index (χ2n) is 2.45. The molecule has 7 heteroatoms. The first-order valence-electron chi connectivity index (χ1n) is 2.94. The molecule has 1 fully saturated rings. The minimum absolute atomic E-state index is 0.277. The minimum atomic E-state index is -4.82. The molecule has 1 aliphatic heterocycles. The monoisotopic (exact) mass is 194 g/mol. The maximum absolute atomic E-state index is 12.3. The molecule has 0 aromatic heterocycles. The molecule has 72 valence electrons. The van der Waals surface area contributed by atoms with E-state index in [1.165, 1.54) is 0 Å². The third-order valence-corrected chi connectivity index (χ3v) is 1.53. The molecule has 0 bridgehead atoms. The van der Waals surface area contributed by atoms with Gasteiger partial charge in [-0.05, 0) is 6.92 Å². The van der Waals surface area contributed by atoms with E-state index in [1.807, 2.05) is 0 Å². The average molecular weight is 194 g/mol. The van der Waals surface area contributed by atoms with E-state index >= 15 is 0 Å². The highest BCUT2D eigenvalue weighted by atomic mass is 19.3. The molecule has 0 aliphatic carbocycles. The van der Waals surface area contributed by atoms with E-state index in [0.29, 0.717) is 0 Å². The average Bonchev–Trinajstić information content (AvgIpc) is 2.33. The summed E-state index contributed by atoms with van der Waals surface area (Å²) < 4.78 is 75.2. The Balaban J connectivity index is 2.85. The smallest absolute Gasteiger partial charge is 0.265 e. The summed E-state index contributed by atoms with van der Waals surface area (Å²) in [5.74, 6) is -9.30. The molecule has 0 N–H and O–H groups in total. The van der Waals surface area contributed by atoms with Crippen LogP contribution >= 0.6 is 0 Å². The SMILES string of the molecule is CC(F)C(F)(F)C1(F)OC1(F)F. The van der Waals surface area contributed by atoms with Crippen LogP contribution in [0.5, 0.6) is 0 Å². The van der Waals surface area contributed by atoms with Gasteiger partial charge >= 0.3 is 17.9 Å². The Hall–Kier alpha value is -0.460. The van der Waals surface area contributed by atoms with Crippen LogP contribution in [-0.4, -0.2) is 24.1 Å². The molecular formula is C5H4F6O. The van der Waals surface area contributed by atoms with Crippen LogP contribution in [-0.2, 0) is 4.74 Å². The van der Waals surface area contributed by atoms with Crippen molar-refractivity contribution in [1.82, 2.24) is 0 Å². The molecule has 2 atom stereocenters. The number of hydrogen-bond acceptors (Lipinski definition) is 1. The van der Waals surface area contributed by atoms with Gasteiger partial charge in [-0.25, -0.2) is 4.39 Å². The lowest BCUT2D eigenvalue weighted by atomic mass is 10.1. The first-order chi connectivity index (χ1) is 5.15. The Morgan fingerprint density at radius 2 is 1.58 bits per heavy atom. The molecule has 0 saturated carbocycles. The van der Waals surface area contributed by atoms with Crippen molar-refractivity contribution in [2.45, 2.75) is 31.0 Å². The summed E-state index contributed by atoms with van der Waals surface area (Å²) in [5.41, 5.74) is 0. The van der Waals surface area contributed by atoms with E-state index < -0.39 is 24.1 Å². The van der Waals surface area contributed by atoms with Crippen LogP contribution in [0.25, 0.3) is 0 Å². The zero-order valence-electron chi connectivity index (χ0n) is 5.75. The first-order valence-corrected chi connectivity index (χ1v) is 2.94. The highest BCUT2D eigenvalue weighted by Gasteiger charge is 2.89. The number of ether oxygens (including phenoxy) is 1. The van der Waals surface area contributed by atoms with Crippen molar-refractivity contribution >= 4 is 0 Å². The van der Waals surface area contributed by atoms with E-state index in [-0.39, 0.29) is 6.92 Å². The van der Waals surface area contributed by atoms with Crippen LogP contribution < -0.4 is 0 Å². The zero-order chi connectivity index (χ0) is 9.78. The topological polar surface area (TPSA) is 12.5 Å². The molecule has 12 heavy (non-hydrogen) atoms. The number of epoxide rings is 1. The van der Waals surface area contributed by atoms with Crippen molar-refractivity contribution in [3.63, 3.8) is 0 Å². The minimum Gasteiger partial charge on any atom is -0.265 e. The van der Waals surface area contributed by atoms with Gasteiger partial charge in [0.2, 0.25) is 0 Å². The maximum Gasteiger partial charge on any atom is 0.424 e. The van der Waals surface area contributed by atoms with Gasteiger partial charge in [-0.15, -0.1) is 0 Å². The lowest BCUT2D eigenvalue weighted by Crippen LogP contribution is -2.44. The quantitative estimate of drug-likeness (QED) is 0.485. The van der Waals surface area contributed by atoms with Crippen molar-refractivity contribution < 1.29 is 31.1 Å². The van der Waals surface area contributed by atoms with Gasteiger partial charge in [-0.2, -0.15) is 22.0 Å². The fourth-order valence-corrected chi connectivity index (χ4v) is 0.669. The fourth-order valence-electron chi connectivity index (χ4n) is 0.669. The van der Waals surface area contributed by atoms with Crippen LogP contribution in [0, 0.1) is 0 Å². The van der Waals surface area contributed by atoms with Gasteiger partial charge < -0.3 is 0 Å². The maximum atomic E-state index is 12.3. The zero-order valence-corrected chi connectivity index (χ0v) is 5.75. The standard InChI is InChI=1S/C5H4F6O/c1-2(6)3(7,8)4(9)5(10,11)12-4/h2H,1H3. The molecule has 0 radical (unpaired) electrons. The number of rotatable bonds is 2. The lowest BCUT2D eigenvalue weighted by molar-refractivity contribution is -0.179. The van der Waals surface area contributed by atoms with E-state index in [9.17, 15) is 26.3 Å². The van der Waals surface area contributed by atoms with Crippen LogP contribution in [0.2, 0.25) is 0 Å². The summed E-state index contributed by atoms with van der Waals surface area (Å²) in [6.45, 7) is 0.277. The second kappa shape index (κ2) is 2.07. The van der Waals surface area contributed by atoms with Crippen molar-refractivity contribution in [2.24, 2.45) is 0 Å². The highest BCUT2D eigenvalue weighted by Crippen LogP contribution is 2.61. The van der Waals surface area contributed by atoms with Crippen LogP contribution in [0.4, 0.5) is 26.3 Å². The van der Waals surface area contributed by atoms with Crippen molar-refractivity contribution in [3.05, 3.63) is 0 Å². The van der Waals surface area contributed by atoms with Gasteiger partial charge in [-0.1, -0.05) is 0 Å². The molecule has 1 nitrogen and oxygen atoms in total. The highest BCUT2D eigenvalue weighted by molar-refractivity contribution is 5.06. The van der Waals surface area contributed by atoms with Crippen molar-refractivity contribution in [3.8, 4) is 0 Å². The van der Waals surface area contributed by atoms with E-state index in [1.54, 1.807) is 0 Å². The molecular weight excluding hydrogens is 190 g/mol. The third kappa shape index (κ3) is 0.917. The van der Waals surface area contributed by atoms with Gasteiger partial charge in [0.15, 0.2) is 6.17 Å². The Bertz CT molecular complexity index is 199. The Morgan fingerprint density at radius 1 is 1.25 bits per heavy atom. The van der Waals surface area contributed by atoms with Gasteiger partial charge in [0.1, 0.15) is 0 Å². The van der Waals surface area contributed by atoms with Gasteiger partial charge in [-0.3, -0.25) is 4.74 Å². The van der Waals surface area contributed by atoms with Gasteiger partial charge in [0.05, 0.1) is 0 Å². The fraction of sp³-hybridized carbons (Fsp3) is 1.00. The van der Waals surface area contributed by atoms with Crippen LogP contribution in [0.3, 0.4) is 0 Å². The number of hydrogen-bond donors (Lipinski definition) is 0. The molecule has 1 saturated heterocycles. The number of halogens is 6. The molecule has 0 amide bonds. The Kier molecular flexibility index (Phi) is 1.66. The first kappa shape index (κ1) is 9.63. The Morgan fingerprint density at radius 3 is 1.67 bits per heavy atom. The Labute approximate surface area is 63.3 Å². The van der Waals surface area contributed by atoms with E-state index in [2.05, 4.69) is 4.74 Å². The lowest BCUT2D eigenvalue weighted by Gasteiger charge is -2.17. The summed E-state index contributed by atoms with van der Waals surface area (Å²) in [7, 11) is 0. The molecule has 1 rings (SSSR count). The predicted molar refractivity (Wildman–Crippen MR) is 25.4 cm³/mol. The molecule has 1 heterocycles. The third-order valence-electron chi connectivity index (χ3n) is 1.53. The van der Waals surface area contributed by atoms with E-state index in [0.717, 1.165) is 0 Å². The van der Waals surface area contributed by atoms with Crippen LogP contribution in [0.15, 0.2) is 0 Å². The summed E-state index contributed by atoms with van der Waals surface area (Å²) in [6.07, 6.45) is -7.62. The van der Waals surface area contributed by atoms with Gasteiger partial charge in [0.25, 0.3) is 0 Å². The summed E-state index contributed by atoms with van der Waals surface area (Å²) in [6, 6.07) is 0. The predicted octanol–water partition coefficient (Wildman–Crippen LogP) is 2.27. The van der Waals surface area contributed by atoms with Crippen molar-refractivity contribution in [1.29, 1.82) is 0 Å². The molecule has 0 spiro atoms. The number of alkyl halides is 6. The van der Waals surface area contributed by atoms with E-state index in [4.69, 9.17) is 0 Å². The molecule has 2 unspecified atom stereocenters. The summed E-state index contributed by atoms with van der Waals surface area (Å²) in [5, 5.41) is 0. The molecule has 0 aromatic carbocycles. The van der Waals surface area contributed by atoms with Crippen molar-refractivity contribution in [2.75, 3.05) is 0 Å². The summed E-state index contributed by atoms with van der Waals surface area (Å²) >= 11 is 0. The van der Waals surface area contributed by atoms with Gasteiger partial charge in [0, 0.05) is 0 Å². The normalized spacial score (nSPS) is 36.2. The van der Waals surface area contributed by atoms with Crippen LogP contribution in [0.1, 0.15) is 6.92 Å². The second-order valence-corrected chi connectivity index (χ2v) is 2.45. The largest absolute Gasteiger partial charge is 0.424 e. The molecule has 1 aliphatic rings. The summed E-state index contributed by atoms with van der Waals surface area (Å²) in [4.78, 5) is 0. The molecule has 0 aromatic rings.